The lowest BCUT2D eigenvalue weighted by atomic mass is 10.2. The van der Waals surface area contributed by atoms with Gasteiger partial charge in [-0.2, -0.15) is 15.8 Å². The maximum Gasteiger partial charge on any atom is 0.573 e. The summed E-state index contributed by atoms with van der Waals surface area (Å²) in [6.45, 7) is 0. The average molecular weight is 323 g/mol. The van der Waals surface area contributed by atoms with Crippen molar-refractivity contribution in [2.75, 3.05) is 5.32 Å². The van der Waals surface area contributed by atoms with Crippen molar-refractivity contribution in [2.45, 2.75) is 6.36 Å². The summed E-state index contributed by atoms with van der Waals surface area (Å²) in [6, 6.07) is 6.65. The molecule has 1 N–H and O–H groups in total. The number of ether oxygens (including phenoxy) is 1. The number of halogens is 3. The Morgan fingerprint density at radius 2 is 1.83 bits per heavy atom. The molecule has 0 spiro atoms. The van der Waals surface area contributed by atoms with Crippen LogP contribution in [0.15, 0.2) is 29.5 Å². The number of hydrogen-bond donors (Lipinski definition) is 1. The van der Waals surface area contributed by atoms with E-state index in [0.717, 1.165) is 6.07 Å². The Morgan fingerprint density at radius 1 is 1.22 bits per heavy atom. The molecule has 1 rings (SSSR count). The average Bonchev–Trinajstić information content (AvgIpc) is 2.46. The van der Waals surface area contributed by atoms with Gasteiger partial charge in [-0.15, -0.1) is 13.2 Å². The van der Waals surface area contributed by atoms with Crippen molar-refractivity contribution in [3.05, 3.63) is 39.6 Å². The topological polar surface area (TPSA) is 136 Å². The Labute approximate surface area is 126 Å². The number of nitro benzene ring substituents is 1. The lowest BCUT2D eigenvalue weighted by Gasteiger charge is -2.10. The molecular formula is C12H4F3N5O3. The van der Waals surface area contributed by atoms with Crippen molar-refractivity contribution < 1.29 is 22.8 Å². The number of alkyl halides is 3. The monoisotopic (exact) mass is 323 g/mol. The second-order valence-electron chi connectivity index (χ2n) is 3.70. The number of nitriles is 3. The summed E-state index contributed by atoms with van der Waals surface area (Å²) in [5.41, 5.74) is -2.29. The van der Waals surface area contributed by atoms with Gasteiger partial charge >= 0.3 is 12.0 Å². The fraction of sp³-hybridized carbons (Fsp3) is 0.0833. The number of anilines is 1. The lowest BCUT2D eigenvalue weighted by Crippen LogP contribution is -2.18. The highest BCUT2D eigenvalue weighted by Gasteiger charge is 2.34. The van der Waals surface area contributed by atoms with Gasteiger partial charge in [0, 0.05) is 11.8 Å². The summed E-state index contributed by atoms with van der Waals surface area (Å²) < 4.78 is 40.0. The largest absolute Gasteiger partial charge is 0.573 e. The standard InChI is InChI=1S/C12H4F3N5O3/c13-12(14,15)23-11-2-1-8(3-10(11)20(21)22)19-9(6-18)7(4-16)5-17/h1-3,19H. The highest BCUT2D eigenvalue weighted by molar-refractivity contribution is 5.64. The van der Waals surface area contributed by atoms with E-state index in [2.05, 4.69) is 10.1 Å². The van der Waals surface area contributed by atoms with Crippen LogP contribution in [0.3, 0.4) is 0 Å². The first-order chi connectivity index (χ1) is 10.7. The molecule has 0 atom stereocenters. The van der Waals surface area contributed by atoms with E-state index in [-0.39, 0.29) is 5.69 Å². The lowest BCUT2D eigenvalue weighted by molar-refractivity contribution is -0.388. The minimum Gasteiger partial charge on any atom is -0.398 e. The number of rotatable bonds is 4. The van der Waals surface area contributed by atoms with Gasteiger partial charge in [0.2, 0.25) is 5.75 Å². The summed E-state index contributed by atoms with van der Waals surface area (Å²) >= 11 is 0. The van der Waals surface area contributed by atoms with Crippen molar-refractivity contribution in [3.8, 4) is 24.0 Å². The predicted molar refractivity (Wildman–Crippen MR) is 67.3 cm³/mol. The smallest absolute Gasteiger partial charge is 0.398 e. The van der Waals surface area contributed by atoms with E-state index >= 15 is 0 Å². The maximum atomic E-state index is 12.2. The van der Waals surface area contributed by atoms with Gasteiger partial charge in [0.25, 0.3) is 0 Å². The summed E-state index contributed by atoms with van der Waals surface area (Å²) in [4.78, 5) is 9.70. The van der Waals surface area contributed by atoms with Crippen molar-refractivity contribution in [1.82, 2.24) is 0 Å². The van der Waals surface area contributed by atoms with Gasteiger partial charge < -0.3 is 10.1 Å². The normalized spacial score (nSPS) is 9.74. The predicted octanol–water partition coefficient (Wildman–Crippen LogP) is 2.73. The maximum absolute atomic E-state index is 12.2. The summed E-state index contributed by atoms with van der Waals surface area (Å²) in [7, 11) is 0. The molecule has 1 aromatic carbocycles. The van der Waals surface area contributed by atoms with Gasteiger partial charge in [-0.1, -0.05) is 0 Å². The fourth-order valence-corrected chi connectivity index (χ4v) is 1.38. The van der Waals surface area contributed by atoms with E-state index in [0.29, 0.717) is 12.1 Å². The van der Waals surface area contributed by atoms with Crippen LogP contribution in [0.5, 0.6) is 5.75 Å². The first-order valence-electron chi connectivity index (χ1n) is 5.47. The zero-order valence-electron chi connectivity index (χ0n) is 10.9. The molecule has 11 heteroatoms. The Hall–Kier alpha value is -3.78. The molecule has 0 unspecified atom stereocenters. The van der Waals surface area contributed by atoms with Gasteiger partial charge in [-0.3, -0.25) is 10.1 Å². The number of hydrogen-bond acceptors (Lipinski definition) is 7. The molecule has 0 aliphatic rings. The molecule has 116 valence electrons. The Morgan fingerprint density at radius 3 is 2.26 bits per heavy atom. The van der Waals surface area contributed by atoms with Crippen molar-refractivity contribution in [2.24, 2.45) is 0 Å². The highest BCUT2D eigenvalue weighted by Crippen LogP contribution is 2.34. The van der Waals surface area contributed by atoms with E-state index in [1.54, 1.807) is 0 Å². The molecule has 23 heavy (non-hydrogen) atoms. The minimum atomic E-state index is -5.12. The van der Waals surface area contributed by atoms with Crippen LogP contribution in [0.25, 0.3) is 0 Å². The van der Waals surface area contributed by atoms with Gasteiger partial charge in [0.15, 0.2) is 5.57 Å². The van der Waals surface area contributed by atoms with Crippen LogP contribution < -0.4 is 10.1 Å². The van der Waals surface area contributed by atoms with Crippen LogP contribution >= 0.6 is 0 Å². The van der Waals surface area contributed by atoms with E-state index in [1.807, 2.05) is 0 Å². The third-order valence-electron chi connectivity index (χ3n) is 2.24. The molecule has 0 aromatic heterocycles. The van der Waals surface area contributed by atoms with Crippen LogP contribution in [0.2, 0.25) is 0 Å². The van der Waals surface area contributed by atoms with E-state index in [9.17, 15) is 23.3 Å². The zero-order valence-corrected chi connectivity index (χ0v) is 10.9. The number of nitrogens with zero attached hydrogens (tertiary/aromatic N) is 4. The van der Waals surface area contributed by atoms with Crippen molar-refractivity contribution >= 4 is 11.4 Å². The second kappa shape index (κ2) is 6.78. The molecule has 0 saturated carbocycles. The number of benzene rings is 1. The Kier molecular flexibility index (Phi) is 5.09. The summed E-state index contributed by atoms with van der Waals surface area (Å²) in [5.74, 6) is -1.05. The fourth-order valence-electron chi connectivity index (χ4n) is 1.38. The van der Waals surface area contributed by atoms with Gasteiger partial charge in [0.05, 0.1) is 4.92 Å². The molecular weight excluding hydrogens is 319 g/mol. The number of allylic oxidation sites excluding steroid dienone is 2. The summed E-state index contributed by atoms with van der Waals surface area (Å²) in [6.07, 6.45) is -5.12. The van der Waals surface area contributed by atoms with E-state index in [4.69, 9.17) is 15.8 Å². The van der Waals surface area contributed by atoms with Gasteiger partial charge in [-0.05, 0) is 12.1 Å². The second-order valence-corrected chi connectivity index (χ2v) is 3.70. The van der Waals surface area contributed by atoms with Gasteiger partial charge in [0.1, 0.15) is 23.9 Å². The van der Waals surface area contributed by atoms with E-state index < -0.39 is 34.0 Å². The van der Waals surface area contributed by atoms with Gasteiger partial charge in [-0.25, -0.2) is 0 Å². The molecule has 0 heterocycles. The zero-order chi connectivity index (χ0) is 17.6. The SMILES string of the molecule is N#CC(C#N)=C(C#N)Nc1ccc(OC(F)(F)F)c([N+](=O)[O-])c1. The molecule has 0 aliphatic carbocycles. The van der Waals surface area contributed by atoms with Crippen LogP contribution in [-0.2, 0) is 0 Å². The van der Waals surface area contributed by atoms with Crippen LogP contribution in [0, 0.1) is 44.1 Å². The third kappa shape index (κ3) is 4.62. The molecule has 0 aliphatic heterocycles. The van der Waals surface area contributed by atoms with Crippen LogP contribution in [0.4, 0.5) is 24.5 Å². The molecule has 0 fully saturated rings. The molecule has 0 saturated heterocycles. The number of nitro groups is 1. The molecule has 1 aromatic rings. The van der Waals surface area contributed by atoms with Crippen LogP contribution in [0.1, 0.15) is 0 Å². The Balaban J connectivity index is 3.28. The minimum absolute atomic E-state index is 0.175. The molecule has 0 radical (unpaired) electrons. The number of nitrogens with one attached hydrogen (secondary N) is 1. The summed E-state index contributed by atoms with van der Waals surface area (Å²) in [5, 5.41) is 39.2. The quantitative estimate of drug-likeness (QED) is 0.511. The Bertz CT molecular complexity index is 780. The van der Waals surface area contributed by atoms with E-state index in [1.165, 1.54) is 18.2 Å². The third-order valence-corrected chi connectivity index (χ3v) is 2.24. The highest BCUT2D eigenvalue weighted by atomic mass is 19.4. The first-order valence-corrected chi connectivity index (χ1v) is 5.47. The molecule has 0 bridgehead atoms. The molecule has 8 nitrogen and oxygen atoms in total. The van der Waals surface area contributed by atoms with Crippen molar-refractivity contribution in [1.29, 1.82) is 15.8 Å². The van der Waals surface area contributed by atoms with Crippen molar-refractivity contribution in [3.63, 3.8) is 0 Å². The molecule has 0 amide bonds. The van der Waals surface area contributed by atoms with Crippen LogP contribution in [-0.4, -0.2) is 11.3 Å². The first kappa shape index (κ1) is 17.3.